The molecule has 0 heterocycles. The van der Waals surface area contributed by atoms with Crippen LogP contribution >= 0.6 is 0 Å². The maximum absolute atomic E-state index is 13.5. The van der Waals surface area contributed by atoms with E-state index >= 15 is 0 Å². The Morgan fingerprint density at radius 2 is 2.12 bits per heavy atom. The van der Waals surface area contributed by atoms with E-state index in [0.29, 0.717) is 18.4 Å². The first-order valence-electron chi connectivity index (χ1n) is 5.72. The average molecular weight is 239 g/mol. The van der Waals surface area contributed by atoms with Crippen LogP contribution in [0.15, 0.2) is 24.3 Å². The summed E-state index contributed by atoms with van der Waals surface area (Å²) in [7, 11) is 0. The zero-order valence-electron chi connectivity index (χ0n) is 9.95. The predicted molar refractivity (Wildman–Crippen MR) is 64.1 cm³/mol. The molecular formula is C13H18FNO2. The number of hydrogen-bond acceptors (Lipinski definition) is 2. The molecule has 1 aromatic carbocycles. The lowest BCUT2D eigenvalue weighted by molar-refractivity contribution is -0.148. The molecule has 0 aromatic heterocycles. The number of benzene rings is 1. The fourth-order valence-electron chi connectivity index (χ4n) is 2.02. The van der Waals surface area contributed by atoms with Crippen molar-refractivity contribution in [2.75, 3.05) is 6.54 Å². The van der Waals surface area contributed by atoms with E-state index in [2.05, 4.69) is 0 Å². The van der Waals surface area contributed by atoms with Crippen LogP contribution < -0.4 is 5.73 Å². The third-order valence-electron chi connectivity index (χ3n) is 3.06. The van der Waals surface area contributed by atoms with Gasteiger partial charge in [0.05, 0.1) is 5.41 Å². The molecule has 3 nitrogen and oxygen atoms in total. The molecule has 17 heavy (non-hydrogen) atoms. The molecule has 0 bridgehead atoms. The molecule has 1 atom stereocenters. The highest BCUT2D eigenvalue weighted by Crippen LogP contribution is 2.29. The topological polar surface area (TPSA) is 63.3 Å². The van der Waals surface area contributed by atoms with Gasteiger partial charge in [-0.2, -0.15) is 0 Å². The van der Waals surface area contributed by atoms with E-state index in [0.717, 1.165) is 0 Å². The van der Waals surface area contributed by atoms with Gasteiger partial charge in [0, 0.05) is 6.54 Å². The smallest absolute Gasteiger partial charge is 0.311 e. The summed E-state index contributed by atoms with van der Waals surface area (Å²) in [5.41, 5.74) is 4.94. The summed E-state index contributed by atoms with van der Waals surface area (Å²) in [5.74, 6) is -1.33. The molecule has 1 rings (SSSR count). The summed E-state index contributed by atoms with van der Waals surface area (Å²) in [4.78, 5) is 11.4. The van der Waals surface area contributed by atoms with Crippen LogP contribution in [0, 0.1) is 11.2 Å². The number of carbonyl (C=O) groups is 1. The lowest BCUT2D eigenvalue weighted by Gasteiger charge is -2.27. The van der Waals surface area contributed by atoms with E-state index < -0.39 is 11.4 Å². The minimum Gasteiger partial charge on any atom is -0.481 e. The van der Waals surface area contributed by atoms with Gasteiger partial charge in [0.15, 0.2) is 0 Å². The predicted octanol–water partition coefficient (Wildman–Crippen LogP) is 2.20. The number of rotatable bonds is 6. The molecule has 0 fully saturated rings. The van der Waals surface area contributed by atoms with E-state index in [9.17, 15) is 14.3 Å². The SMILES string of the molecule is CCCC(CN)(Cc1ccccc1F)C(=O)O. The van der Waals surface area contributed by atoms with Crippen LogP contribution in [0.2, 0.25) is 0 Å². The van der Waals surface area contributed by atoms with Crippen molar-refractivity contribution >= 4 is 5.97 Å². The molecule has 0 radical (unpaired) electrons. The Kier molecular flexibility index (Phi) is 4.63. The number of halogens is 1. The fraction of sp³-hybridized carbons (Fsp3) is 0.462. The van der Waals surface area contributed by atoms with Crippen molar-refractivity contribution in [1.29, 1.82) is 0 Å². The molecule has 0 amide bonds. The van der Waals surface area contributed by atoms with E-state index in [1.54, 1.807) is 18.2 Å². The van der Waals surface area contributed by atoms with Gasteiger partial charge in [0.2, 0.25) is 0 Å². The van der Waals surface area contributed by atoms with Crippen LogP contribution in [0.5, 0.6) is 0 Å². The Balaban J connectivity index is 3.01. The van der Waals surface area contributed by atoms with E-state index in [1.807, 2.05) is 6.92 Å². The summed E-state index contributed by atoms with van der Waals surface area (Å²) in [5, 5.41) is 9.30. The quantitative estimate of drug-likeness (QED) is 0.800. The lowest BCUT2D eigenvalue weighted by atomic mass is 9.78. The molecule has 0 spiro atoms. The number of hydrogen-bond donors (Lipinski definition) is 2. The van der Waals surface area contributed by atoms with Gasteiger partial charge < -0.3 is 10.8 Å². The lowest BCUT2D eigenvalue weighted by Crippen LogP contribution is -2.40. The Labute approximate surface area is 100 Å². The molecule has 1 aromatic rings. The molecule has 0 saturated heterocycles. The van der Waals surface area contributed by atoms with E-state index in [1.165, 1.54) is 6.07 Å². The molecule has 0 aliphatic heterocycles. The van der Waals surface area contributed by atoms with Gasteiger partial charge >= 0.3 is 5.97 Å². The highest BCUT2D eigenvalue weighted by molar-refractivity contribution is 5.75. The number of carboxylic acids is 1. The molecule has 4 heteroatoms. The molecule has 3 N–H and O–H groups in total. The average Bonchev–Trinajstić information content (AvgIpc) is 2.31. The second-order valence-electron chi connectivity index (χ2n) is 4.31. The van der Waals surface area contributed by atoms with Crippen molar-refractivity contribution in [1.82, 2.24) is 0 Å². The van der Waals surface area contributed by atoms with Crippen LogP contribution in [0.3, 0.4) is 0 Å². The highest BCUT2D eigenvalue weighted by Gasteiger charge is 2.36. The summed E-state index contributed by atoms with van der Waals surface area (Å²) in [6.45, 7) is 1.92. The van der Waals surface area contributed by atoms with Crippen molar-refractivity contribution in [2.45, 2.75) is 26.2 Å². The Morgan fingerprint density at radius 1 is 1.47 bits per heavy atom. The molecule has 0 saturated carbocycles. The minimum atomic E-state index is -1.06. The van der Waals surface area contributed by atoms with Gasteiger partial charge in [-0.15, -0.1) is 0 Å². The van der Waals surface area contributed by atoms with Gasteiger partial charge in [0.25, 0.3) is 0 Å². The van der Waals surface area contributed by atoms with Gasteiger partial charge in [-0.1, -0.05) is 31.5 Å². The zero-order valence-corrected chi connectivity index (χ0v) is 9.95. The second-order valence-corrected chi connectivity index (χ2v) is 4.31. The summed E-state index contributed by atoms with van der Waals surface area (Å²) < 4.78 is 13.5. The molecule has 1 unspecified atom stereocenters. The Morgan fingerprint density at radius 3 is 2.59 bits per heavy atom. The van der Waals surface area contributed by atoms with Crippen molar-refractivity contribution in [3.05, 3.63) is 35.6 Å². The molecular weight excluding hydrogens is 221 g/mol. The summed E-state index contributed by atoms with van der Waals surface area (Å²) in [6, 6.07) is 6.24. The van der Waals surface area contributed by atoms with Crippen LogP contribution in [-0.4, -0.2) is 17.6 Å². The Bertz CT molecular complexity index is 395. The van der Waals surface area contributed by atoms with Crippen molar-refractivity contribution < 1.29 is 14.3 Å². The fourth-order valence-corrected chi connectivity index (χ4v) is 2.02. The van der Waals surface area contributed by atoms with Crippen molar-refractivity contribution in [3.8, 4) is 0 Å². The maximum atomic E-state index is 13.5. The van der Waals surface area contributed by atoms with Crippen LogP contribution in [0.4, 0.5) is 4.39 Å². The van der Waals surface area contributed by atoms with Gasteiger partial charge in [0.1, 0.15) is 5.82 Å². The molecule has 0 aliphatic carbocycles. The second kappa shape index (κ2) is 5.77. The first-order chi connectivity index (χ1) is 8.05. The van der Waals surface area contributed by atoms with Gasteiger partial charge in [-0.3, -0.25) is 4.79 Å². The van der Waals surface area contributed by atoms with Crippen molar-refractivity contribution in [2.24, 2.45) is 11.1 Å². The van der Waals surface area contributed by atoms with Gasteiger partial charge in [-0.25, -0.2) is 4.39 Å². The number of nitrogens with two attached hydrogens (primary N) is 1. The van der Waals surface area contributed by atoms with Gasteiger partial charge in [-0.05, 0) is 24.5 Å². The van der Waals surface area contributed by atoms with Crippen LogP contribution in [0.1, 0.15) is 25.3 Å². The summed E-state index contributed by atoms with van der Waals surface area (Å²) >= 11 is 0. The summed E-state index contributed by atoms with van der Waals surface area (Å²) in [6.07, 6.45) is 1.30. The van der Waals surface area contributed by atoms with Crippen LogP contribution in [0.25, 0.3) is 0 Å². The zero-order chi connectivity index (χ0) is 12.9. The monoisotopic (exact) mass is 239 g/mol. The number of aliphatic carboxylic acids is 1. The maximum Gasteiger partial charge on any atom is 0.311 e. The minimum absolute atomic E-state index is 0.0184. The molecule has 94 valence electrons. The first-order valence-corrected chi connectivity index (χ1v) is 5.72. The third-order valence-corrected chi connectivity index (χ3v) is 3.06. The highest BCUT2D eigenvalue weighted by atomic mass is 19.1. The van der Waals surface area contributed by atoms with Crippen molar-refractivity contribution in [3.63, 3.8) is 0 Å². The normalized spacial score (nSPS) is 14.3. The van der Waals surface area contributed by atoms with E-state index in [-0.39, 0.29) is 18.8 Å². The first kappa shape index (κ1) is 13.6. The third kappa shape index (κ3) is 3.03. The molecule has 0 aliphatic rings. The van der Waals surface area contributed by atoms with E-state index in [4.69, 9.17) is 5.73 Å². The standard InChI is InChI=1S/C13H18FNO2/c1-2-7-13(9-15,12(16)17)8-10-5-3-4-6-11(10)14/h3-6H,2,7-9,15H2,1H3,(H,16,17). The number of carboxylic acid groups (broad SMARTS) is 1. The Hall–Kier alpha value is -1.42. The largest absolute Gasteiger partial charge is 0.481 e. The van der Waals surface area contributed by atoms with Crippen LogP contribution in [-0.2, 0) is 11.2 Å².